The van der Waals surface area contributed by atoms with Gasteiger partial charge >= 0.3 is 0 Å². The zero-order valence-corrected chi connectivity index (χ0v) is 19.1. The van der Waals surface area contributed by atoms with E-state index in [4.69, 9.17) is 16.3 Å². The van der Waals surface area contributed by atoms with Crippen LogP contribution in [0.15, 0.2) is 42.5 Å². The maximum Gasteiger partial charge on any atom is 0.120 e. The molecule has 1 unspecified atom stereocenters. The summed E-state index contributed by atoms with van der Waals surface area (Å²) in [5.41, 5.74) is 4.04. The molecule has 1 N–H and O–H groups in total. The van der Waals surface area contributed by atoms with E-state index in [0.29, 0.717) is 12.0 Å². The molecular formula is C26H35ClN2O. The van der Waals surface area contributed by atoms with E-state index in [9.17, 15) is 0 Å². The first-order valence-electron chi connectivity index (χ1n) is 11.6. The summed E-state index contributed by atoms with van der Waals surface area (Å²) in [5.74, 6) is 1.65. The van der Waals surface area contributed by atoms with Crippen molar-refractivity contribution in [2.24, 2.45) is 5.92 Å². The Morgan fingerprint density at radius 2 is 1.90 bits per heavy atom. The van der Waals surface area contributed by atoms with Crippen molar-refractivity contribution in [3.8, 4) is 5.75 Å². The molecule has 0 amide bonds. The Morgan fingerprint density at radius 1 is 1.10 bits per heavy atom. The number of nitrogens with one attached hydrogen (secondary N) is 1. The van der Waals surface area contributed by atoms with Crippen LogP contribution in [0.5, 0.6) is 5.75 Å². The molecule has 2 aliphatic rings. The Labute approximate surface area is 186 Å². The number of benzene rings is 2. The number of piperidine rings is 1. The molecule has 0 aliphatic carbocycles. The highest BCUT2D eigenvalue weighted by molar-refractivity contribution is 6.31. The van der Waals surface area contributed by atoms with Crippen LogP contribution in [0.3, 0.4) is 0 Å². The van der Waals surface area contributed by atoms with E-state index in [2.05, 4.69) is 54.4 Å². The fourth-order valence-electron chi connectivity index (χ4n) is 4.83. The van der Waals surface area contributed by atoms with Crippen molar-refractivity contribution >= 4 is 17.3 Å². The summed E-state index contributed by atoms with van der Waals surface area (Å²) in [7, 11) is 0. The lowest BCUT2D eigenvalue weighted by molar-refractivity contribution is 0.179. The third-order valence-corrected chi connectivity index (χ3v) is 6.91. The largest absolute Gasteiger partial charge is 0.491 e. The van der Waals surface area contributed by atoms with Crippen molar-refractivity contribution in [2.75, 3.05) is 25.0 Å². The van der Waals surface area contributed by atoms with Crippen LogP contribution in [0.1, 0.15) is 50.7 Å². The summed E-state index contributed by atoms with van der Waals surface area (Å²) in [4.78, 5) is 2.65. The predicted molar refractivity (Wildman–Crippen MR) is 127 cm³/mol. The van der Waals surface area contributed by atoms with Crippen LogP contribution in [-0.2, 0) is 12.8 Å². The molecular weight excluding hydrogens is 392 g/mol. The third-order valence-electron chi connectivity index (χ3n) is 6.54. The molecule has 2 aromatic carbocycles. The van der Waals surface area contributed by atoms with E-state index in [0.717, 1.165) is 17.2 Å². The van der Waals surface area contributed by atoms with E-state index in [1.165, 1.54) is 68.6 Å². The number of para-hydroxylation sites is 1. The van der Waals surface area contributed by atoms with Crippen LogP contribution in [-0.4, -0.2) is 36.7 Å². The highest BCUT2D eigenvalue weighted by atomic mass is 35.5. The number of anilines is 1. The molecule has 4 rings (SSSR count). The Balaban J connectivity index is 1.22. The lowest BCUT2D eigenvalue weighted by Gasteiger charge is -2.34. The highest BCUT2D eigenvalue weighted by Gasteiger charge is 2.22. The molecule has 30 heavy (non-hydrogen) atoms. The number of fused-ring (bicyclic) bond motifs is 1. The van der Waals surface area contributed by atoms with E-state index in [1.54, 1.807) is 0 Å². The predicted octanol–water partition coefficient (Wildman–Crippen LogP) is 6.20. The summed E-state index contributed by atoms with van der Waals surface area (Å²) in [6.45, 7) is 7.73. The van der Waals surface area contributed by atoms with E-state index in [-0.39, 0.29) is 6.10 Å². The number of ether oxygens (including phenoxy) is 1. The fraction of sp³-hybridized carbons (Fsp3) is 0.538. The molecule has 162 valence electrons. The number of nitrogens with zero attached hydrogens (tertiary/aromatic N) is 1. The molecule has 0 spiro atoms. The summed E-state index contributed by atoms with van der Waals surface area (Å²) < 4.78 is 5.85. The average Bonchev–Trinajstić information content (AvgIpc) is 2.75. The van der Waals surface area contributed by atoms with E-state index in [1.807, 2.05) is 12.1 Å². The quantitative estimate of drug-likeness (QED) is 0.570. The van der Waals surface area contributed by atoms with Crippen LogP contribution in [0.2, 0.25) is 5.02 Å². The zero-order chi connectivity index (χ0) is 20.9. The minimum absolute atomic E-state index is 0.189. The molecule has 2 heterocycles. The van der Waals surface area contributed by atoms with Crippen molar-refractivity contribution in [1.82, 2.24) is 4.90 Å². The number of rotatable bonds is 7. The third kappa shape index (κ3) is 5.70. The van der Waals surface area contributed by atoms with Crippen LogP contribution in [0.25, 0.3) is 0 Å². The number of aryl methyl sites for hydroxylation is 1. The first-order valence-corrected chi connectivity index (χ1v) is 12.0. The van der Waals surface area contributed by atoms with Crippen molar-refractivity contribution in [3.63, 3.8) is 0 Å². The van der Waals surface area contributed by atoms with Crippen LogP contribution < -0.4 is 10.1 Å². The monoisotopic (exact) mass is 426 g/mol. The van der Waals surface area contributed by atoms with Gasteiger partial charge in [-0.1, -0.05) is 29.8 Å². The molecule has 0 saturated carbocycles. The van der Waals surface area contributed by atoms with Gasteiger partial charge < -0.3 is 15.0 Å². The SMILES string of the molecule is CC(C)Oc1ccc(Cl)c(CC2CCN(CCC3CCc4ccccc4N3)CC2)c1. The molecule has 1 fully saturated rings. The van der Waals surface area contributed by atoms with Gasteiger partial charge in [-0.2, -0.15) is 0 Å². The number of likely N-dealkylation sites (tertiary alicyclic amines) is 1. The van der Waals surface area contributed by atoms with Crippen molar-refractivity contribution in [2.45, 2.75) is 64.5 Å². The first kappa shape index (κ1) is 21.5. The number of hydrogen-bond acceptors (Lipinski definition) is 3. The second-order valence-corrected chi connectivity index (χ2v) is 9.64. The Hall–Kier alpha value is -1.71. The van der Waals surface area contributed by atoms with Gasteiger partial charge in [0.15, 0.2) is 0 Å². The molecule has 0 radical (unpaired) electrons. The van der Waals surface area contributed by atoms with Crippen LogP contribution in [0, 0.1) is 5.92 Å². The standard InChI is InChI=1S/C26H35ClN2O/c1-19(2)30-24-9-10-25(27)22(18-24)17-20-11-14-29(15-12-20)16-13-23-8-7-21-5-3-4-6-26(21)28-23/h3-6,9-10,18-20,23,28H,7-8,11-17H2,1-2H3. The zero-order valence-electron chi connectivity index (χ0n) is 18.4. The van der Waals surface area contributed by atoms with Crippen molar-refractivity contribution in [1.29, 1.82) is 0 Å². The second kappa shape index (κ2) is 10.1. The molecule has 3 nitrogen and oxygen atoms in total. The van der Waals surface area contributed by atoms with Crippen molar-refractivity contribution in [3.05, 3.63) is 58.6 Å². The molecule has 1 saturated heterocycles. The van der Waals surface area contributed by atoms with Gasteiger partial charge in [-0.15, -0.1) is 0 Å². The minimum Gasteiger partial charge on any atom is -0.491 e. The normalized spacial score (nSPS) is 20.1. The summed E-state index contributed by atoms with van der Waals surface area (Å²) >= 11 is 6.48. The van der Waals surface area contributed by atoms with Crippen LogP contribution in [0.4, 0.5) is 5.69 Å². The molecule has 2 aromatic rings. The number of hydrogen-bond donors (Lipinski definition) is 1. The first-order chi connectivity index (χ1) is 14.6. The van der Waals surface area contributed by atoms with Gasteiger partial charge in [0.2, 0.25) is 0 Å². The molecule has 0 bridgehead atoms. The summed E-state index contributed by atoms with van der Waals surface area (Å²) in [5, 5.41) is 4.62. The lowest BCUT2D eigenvalue weighted by Crippen LogP contribution is -2.37. The second-order valence-electron chi connectivity index (χ2n) is 9.23. The minimum atomic E-state index is 0.189. The summed E-state index contributed by atoms with van der Waals surface area (Å²) in [6.07, 6.45) is 7.45. The lowest BCUT2D eigenvalue weighted by atomic mass is 9.89. The van der Waals surface area contributed by atoms with Gasteiger partial charge in [0.25, 0.3) is 0 Å². The molecule has 1 atom stereocenters. The van der Waals surface area contributed by atoms with Gasteiger partial charge in [0.1, 0.15) is 5.75 Å². The van der Waals surface area contributed by atoms with Gasteiger partial charge in [-0.25, -0.2) is 0 Å². The Morgan fingerprint density at radius 3 is 2.70 bits per heavy atom. The smallest absolute Gasteiger partial charge is 0.120 e. The average molecular weight is 427 g/mol. The van der Waals surface area contributed by atoms with Crippen LogP contribution >= 0.6 is 11.6 Å². The maximum atomic E-state index is 6.48. The van der Waals surface area contributed by atoms with Gasteiger partial charge in [0.05, 0.1) is 6.10 Å². The topological polar surface area (TPSA) is 24.5 Å². The van der Waals surface area contributed by atoms with Gasteiger partial charge in [0, 0.05) is 23.3 Å². The Bertz CT molecular complexity index is 830. The molecule has 4 heteroatoms. The molecule has 2 aliphatic heterocycles. The maximum absolute atomic E-state index is 6.48. The highest BCUT2D eigenvalue weighted by Crippen LogP contribution is 2.30. The Kier molecular flexibility index (Phi) is 7.22. The van der Waals surface area contributed by atoms with Crippen molar-refractivity contribution < 1.29 is 4.74 Å². The van der Waals surface area contributed by atoms with Gasteiger partial charge in [-0.05, 0) is 107 Å². The molecule has 0 aromatic heterocycles. The van der Waals surface area contributed by atoms with E-state index < -0.39 is 0 Å². The summed E-state index contributed by atoms with van der Waals surface area (Å²) in [6, 6.07) is 15.5. The fourth-order valence-corrected chi connectivity index (χ4v) is 5.03. The number of halogens is 1. The van der Waals surface area contributed by atoms with E-state index >= 15 is 0 Å². The van der Waals surface area contributed by atoms with Gasteiger partial charge in [-0.3, -0.25) is 0 Å².